The number of halogens is 4. The number of carbonyl (C=O) groups is 1. The topological polar surface area (TPSA) is 55.8 Å². The molecular weight excluding hydrogens is 339 g/mol. The van der Waals surface area contributed by atoms with Crippen LogP contribution in [0.1, 0.15) is 20.3 Å². The van der Waals surface area contributed by atoms with Crippen molar-refractivity contribution in [3.05, 3.63) is 0 Å². The van der Waals surface area contributed by atoms with E-state index in [9.17, 15) is 18.7 Å². The van der Waals surface area contributed by atoms with Gasteiger partial charge >= 0.3 is 0 Å². The van der Waals surface area contributed by atoms with E-state index in [1.54, 1.807) is 11.8 Å². The van der Waals surface area contributed by atoms with Crippen LogP contribution in [0.15, 0.2) is 0 Å². The van der Waals surface area contributed by atoms with E-state index in [0.717, 1.165) is 0 Å². The maximum Gasteiger partial charge on any atom is 0.262 e. The summed E-state index contributed by atoms with van der Waals surface area (Å²) in [4.78, 5) is 16.0. The van der Waals surface area contributed by atoms with Crippen LogP contribution in [0, 0.1) is 0 Å². The molecule has 0 saturated carbocycles. The Balaban J connectivity index is 0.00000220. The van der Waals surface area contributed by atoms with Gasteiger partial charge in [0.1, 0.15) is 0 Å². The summed E-state index contributed by atoms with van der Waals surface area (Å²) in [6.45, 7) is 5.59. The number of rotatable bonds is 3. The van der Waals surface area contributed by atoms with Gasteiger partial charge in [0, 0.05) is 38.6 Å². The lowest BCUT2D eigenvalue weighted by atomic mass is 10.1. The largest absolute Gasteiger partial charge is 0.392 e. The van der Waals surface area contributed by atoms with E-state index in [4.69, 9.17) is 0 Å². The van der Waals surface area contributed by atoms with Gasteiger partial charge in [-0.15, -0.1) is 24.8 Å². The normalized spacial score (nSPS) is 29.4. The first-order valence-electron chi connectivity index (χ1n) is 7.10. The van der Waals surface area contributed by atoms with Gasteiger partial charge in [-0.2, -0.15) is 0 Å². The highest BCUT2D eigenvalue weighted by molar-refractivity contribution is 5.85. The SMILES string of the molecule is CC(O)CN1CCN(C(=O)C2CC(F)(F)CN2)CC1C.Cl.Cl. The van der Waals surface area contributed by atoms with Crippen LogP contribution in [0.3, 0.4) is 0 Å². The van der Waals surface area contributed by atoms with Crippen LogP contribution in [0.5, 0.6) is 0 Å². The van der Waals surface area contributed by atoms with Crippen LogP contribution in [0.25, 0.3) is 0 Å². The lowest BCUT2D eigenvalue weighted by Crippen LogP contribution is -2.57. The van der Waals surface area contributed by atoms with Crippen LogP contribution in [0.2, 0.25) is 0 Å². The van der Waals surface area contributed by atoms with Crippen molar-refractivity contribution in [1.29, 1.82) is 0 Å². The minimum atomic E-state index is -2.78. The zero-order chi connectivity index (χ0) is 14.9. The van der Waals surface area contributed by atoms with E-state index in [1.165, 1.54) is 0 Å². The molecule has 3 unspecified atom stereocenters. The van der Waals surface area contributed by atoms with E-state index < -0.39 is 31.0 Å². The number of alkyl halides is 2. The number of aliphatic hydroxyl groups is 1. The summed E-state index contributed by atoms with van der Waals surface area (Å²) in [6, 6.07) is -0.635. The Morgan fingerprint density at radius 1 is 1.41 bits per heavy atom. The van der Waals surface area contributed by atoms with Crippen LogP contribution < -0.4 is 5.32 Å². The van der Waals surface area contributed by atoms with Gasteiger partial charge in [0.2, 0.25) is 5.91 Å². The molecule has 0 aliphatic carbocycles. The van der Waals surface area contributed by atoms with Gasteiger partial charge in [0.15, 0.2) is 0 Å². The first-order valence-corrected chi connectivity index (χ1v) is 7.10. The smallest absolute Gasteiger partial charge is 0.262 e. The van der Waals surface area contributed by atoms with Crippen molar-refractivity contribution in [2.75, 3.05) is 32.7 Å². The van der Waals surface area contributed by atoms with E-state index in [0.29, 0.717) is 26.2 Å². The number of amides is 1. The predicted octanol–water partition coefficient (Wildman–Crippen LogP) is 0.741. The van der Waals surface area contributed by atoms with Gasteiger partial charge in [-0.1, -0.05) is 0 Å². The van der Waals surface area contributed by atoms with Gasteiger partial charge in [-0.05, 0) is 13.8 Å². The molecule has 2 saturated heterocycles. The van der Waals surface area contributed by atoms with Crippen molar-refractivity contribution in [1.82, 2.24) is 15.1 Å². The number of aliphatic hydroxyl groups excluding tert-OH is 1. The van der Waals surface area contributed by atoms with Crippen molar-refractivity contribution in [2.24, 2.45) is 0 Å². The molecule has 2 N–H and O–H groups in total. The quantitative estimate of drug-likeness (QED) is 0.776. The van der Waals surface area contributed by atoms with E-state index in [-0.39, 0.29) is 36.8 Å². The van der Waals surface area contributed by atoms with Gasteiger partial charge in [-0.3, -0.25) is 15.0 Å². The van der Waals surface area contributed by atoms with Crippen molar-refractivity contribution in [2.45, 2.75) is 44.4 Å². The molecule has 0 aromatic heterocycles. The van der Waals surface area contributed by atoms with Gasteiger partial charge in [0.05, 0.1) is 18.7 Å². The molecule has 0 aromatic rings. The van der Waals surface area contributed by atoms with Crippen molar-refractivity contribution >= 4 is 30.7 Å². The lowest BCUT2D eigenvalue weighted by Gasteiger charge is -2.41. The molecule has 0 spiro atoms. The van der Waals surface area contributed by atoms with E-state index in [1.807, 2.05) is 6.92 Å². The Hall–Kier alpha value is -0.210. The maximum absolute atomic E-state index is 13.1. The Morgan fingerprint density at radius 3 is 2.50 bits per heavy atom. The highest BCUT2D eigenvalue weighted by Crippen LogP contribution is 2.26. The molecule has 0 bridgehead atoms. The molecule has 9 heteroatoms. The third-order valence-corrected chi connectivity index (χ3v) is 3.98. The maximum atomic E-state index is 13.1. The summed E-state index contributed by atoms with van der Waals surface area (Å²) < 4.78 is 26.3. The highest BCUT2D eigenvalue weighted by Gasteiger charge is 2.44. The van der Waals surface area contributed by atoms with Crippen LogP contribution in [0.4, 0.5) is 8.78 Å². The molecule has 0 aromatic carbocycles. The molecule has 1 amide bonds. The second-order valence-corrected chi connectivity index (χ2v) is 5.97. The highest BCUT2D eigenvalue weighted by atomic mass is 35.5. The number of carbonyl (C=O) groups excluding carboxylic acids is 1. The molecule has 2 rings (SSSR count). The summed E-state index contributed by atoms with van der Waals surface area (Å²) >= 11 is 0. The fraction of sp³-hybridized carbons (Fsp3) is 0.923. The molecule has 2 aliphatic heterocycles. The Labute approximate surface area is 142 Å². The van der Waals surface area contributed by atoms with E-state index in [2.05, 4.69) is 10.2 Å². The molecule has 0 radical (unpaired) electrons. The Morgan fingerprint density at radius 2 is 2.05 bits per heavy atom. The molecule has 5 nitrogen and oxygen atoms in total. The summed E-state index contributed by atoms with van der Waals surface area (Å²) in [5, 5.41) is 12.0. The standard InChI is InChI=1S/C13H23F2N3O2.2ClH/c1-9-6-18(4-3-17(9)7-10(2)19)12(20)11-5-13(14,15)8-16-11;;/h9-11,16,19H,3-8H2,1-2H3;2*1H. The summed E-state index contributed by atoms with van der Waals surface area (Å²) in [5.41, 5.74) is 0. The van der Waals surface area contributed by atoms with Crippen molar-refractivity contribution in [3.63, 3.8) is 0 Å². The number of nitrogens with zero attached hydrogens (tertiary/aromatic N) is 2. The minimum absolute atomic E-state index is 0. The van der Waals surface area contributed by atoms with Crippen molar-refractivity contribution in [3.8, 4) is 0 Å². The summed E-state index contributed by atoms with van der Waals surface area (Å²) in [7, 11) is 0. The van der Waals surface area contributed by atoms with Gasteiger partial charge in [0.25, 0.3) is 5.92 Å². The molecule has 2 heterocycles. The summed E-state index contributed by atoms with van der Waals surface area (Å²) in [5.74, 6) is -3.01. The first kappa shape index (κ1) is 21.8. The molecule has 132 valence electrons. The zero-order valence-corrected chi connectivity index (χ0v) is 14.4. The molecule has 2 aliphatic rings. The number of nitrogens with one attached hydrogen (secondary N) is 1. The third-order valence-electron chi connectivity index (χ3n) is 3.98. The van der Waals surface area contributed by atoms with Crippen LogP contribution in [-0.4, -0.2) is 77.6 Å². The second kappa shape index (κ2) is 8.59. The van der Waals surface area contributed by atoms with Gasteiger partial charge < -0.3 is 10.0 Å². The predicted molar refractivity (Wildman–Crippen MR) is 85.1 cm³/mol. The number of β-amino-alcohol motifs (C(OH)–C–C–N with tert-alkyl or cyclic N) is 1. The van der Waals surface area contributed by atoms with E-state index >= 15 is 0 Å². The third kappa shape index (κ3) is 5.45. The number of hydrogen-bond acceptors (Lipinski definition) is 4. The lowest BCUT2D eigenvalue weighted by molar-refractivity contribution is -0.136. The first-order chi connectivity index (χ1) is 9.28. The number of piperazine rings is 1. The molecule has 3 atom stereocenters. The second-order valence-electron chi connectivity index (χ2n) is 5.97. The van der Waals surface area contributed by atoms with Crippen LogP contribution >= 0.6 is 24.8 Å². The average Bonchev–Trinajstić information content (AvgIpc) is 2.71. The van der Waals surface area contributed by atoms with Crippen LogP contribution in [-0.2, 0) is 4.79 Å². The molecule has 22 heavy (non-hydrogen) atoms. The Kier molecular flexibility index (Phi) is 8.51. The zero-order valence-electron chi connectivity index (χ0n) is 12.8. The minimum Gasteiger partial charge on any atom is -0.392 e. The molecular formula is C13H25Cl2F2N3O2. The Bertz CT molecular complexity index is 375. The number of hydrogen-bond donors (Lipinski definition) is 2. The monoisotopic (exact) mass is 363 g/mol. The summed E-state index contributed by atoms with van der Waals surface area (Å²) in [6.07, 6.45) is -0.816. The van der Waals surface area contributed by atoms with Gasteiger partial charge in [-0.25, -0.2) is 8.78 Å². The molecule has 2 fully saturated rings. The van der Waals surface area contributed by atoms with Crippen molar-refractivity contribution < 1.29 is 18.7 Å². The average molecular weight is 364 g/mol. The fourth-order valence-corrected chi connectivity index (χ4v) is 2.92. The fourth-order valence-electron chi connectivity index (χ4n) is 2.92.